The standard InChI is InChI=1S/C21H20BrF2N3O2/c1-10-8-11(6-7-25-10)26-19(28)18-15-13(21(15,2)3)9-27(18)20(29)12-4-5-14(23)17(24)16(12)22/h4-8,13,15,18H,9H2,1-3H3,(H,25,26,28)/t13-,15-,18-/m0/s1. The number of aromatic nitrogens is 1. The highest BCUT2D eigenvalue weighted by atomic mass is 79.9. The molecule has 0 spiro atoms. The van der Waals surface area contributed by atoms with E-state index in [2.05, 4.69) is 40.1 Å². The third-order valence-electron chi connectivity index (χ3n) is 6.17. The maximum atomic E-state index is 14.0. The summed E-state index contributed by atoms with van der Waals surface area (Å²) in [5, 5.41) is 2.87. The summed E-state index contributed by atoms with van der Waals surface area (Å²) in [4.78, 5) is 31.9. The number of fused-ring (bicyclic) bond motifs is 1. The lowest BCUT2D eigenvalue weighted by molar-refractivity contribution is -0.120. The molecule has 3 atom stereocenters. The van der Waals surface area contributed by atoms with Crippen LogP contribution in [0.5, 0.6) is 0 Å². The molecule has 1 aromatic carbocycles. The lowest BCUT2D eigenvalue weighted by Crippen LogP contribution is -2.47. The van der Waals surface area contributed by atoms with E-state index < -0.39 is 23.6 Å². The molecule has 1 saturated carbocycles. The number of hydrogen-bond donors (Lipinski definition) is 1. The number of pyridine rings is 1. The molecule has 1 N–H and O–H groups in total. The van der Waals surface area contributed by atoms with E-state index in [1.165, 1.54) is 11.0 Å². The Kier molecular flexibility index (Phi) is 4.72. The fourth-order valence-corrected chi connectivity index (χ4v) is 4.97. The molecule has 2 heterocycles. The van der Waals surface area contributed by atoms with Crippen LogP contribution in [0.4, 0.5) is 14.5 Å². The van der Waals surface area contributed by atoms with E-state index >= 15 is 0 Å². The molecule has 4 rings (SSSR count). The lowest BCUT2D eigenvalue weighted by atomic mass is 9.99. The molecule has 0 radical (unpaired) electrons. The van der Waals surface area contributed by atoms with Crippen LogP contribution in [-0.2, 0) is 4.79 Å². The van der Waals surface area contributed by atoms with Gasteiger partial charge in [0.2, 0.25) is 5.91 Å². The first-order valence-electron chi connectivity index (χ1n) is 9.31. The van der Waals surface area contributed by atoms with Crippen molar-refractivity contribution in [1.29, 1.82) is 0 Å². The average Bonchev–Trinajstić information content (AvgIpc) is 3.02. The zero-order chi connectivity index (χ0) is 21.1. The Hall–Kier alpha value is -2.35. The second-order valence-electron chi connectivity index (χ2n) is 8.25. The largest absolute Gasteiger partial charge is 0.326 e. The predicted molar refractivity (Wildman–Crippen MR) is 107 cm³/mol. The van der Waals surface area contributed by atoms with Crippen LogP contribution in [0.2, 0.25) is 0 Å². The summed E-state index contributed by atoms with van der Waals surface area (Å²) in [6.07, 6.45) is 1.60. The predicted octanol–water partition coefficient (Wildman–Crippen LogP) is 4.17. The van der Waals surface area contributed by atoms with Gasteiger partial charge in [-0.25, -0.2) is 8.78 Å². The number of anilines is 1. The number of nitrogens with one attached hydrogen (secondary N) is 1. The normalized spacial score (nSPS) is 24.2. The van der Waals surface area contributed by atoms with E-state index in [0.717, 1.165) is 11.8 Å². The Morgan fingerprint density at radius 2 is 2.00 bits per heavy atom. The Morgan fingerprint density at radius 1 is 1.28 bits per heavy atom. The van der Waals surface area contributed by atoms with Gasteiger partial charge in [-0.2, -0.15) is 0 Å². The van der Waals surface area contributed by atoms with Gasteiger partial charge in [-0.05, 0) is 64.4 Å². The number of aryl methyl sites for hydroxylation is 1. The van der Waals surface area contributed by atoms with Crippen molar-refractivity contribution < 1.29 is 18.4 Å². The van der Waals surface area contributed by atoms with Crippen LogP contribution in [0.25, 0.3) is 0 Å². The summed E-state index contributed by atoms with van der Waals surface area (Å²) in [7, 11) is 0. The minimum atomic E-state index is -1.12. The Balaban J connectivity index is 1.64. The van der Waals surface area contributed by atoms with E-state index in [1.807, 2.05) is 6.92 Å². The molecule has 2 amide bonds. The number of likely N-dealkylation sites (tertiary alicyclic amines) is 1. The summed E-state index contributed by atoms with van der Waals surface area (Å²) in [5.41, 5.74) is 1.31. The number of nitrogens with zero attached hydrogens (tertiary/aromatic N) is 2. The smallest absolute Gasteiger partial charge is 0.255 e. The van der Waals surface area contributed by atoms with Gasteiger partial charge in [0.25, 0.3) is 5.91 Å². The fourth-order valence-electron chi connectivity index (χ4n) is 4.48. The van der Waals surface area contributed by atoms with Crippen molar-refractivity contribution in [2.24, 2.45) is 17.3 Å². The lowest BCUT2D eigenvalue weighted by Gasteiger charge is -2.30. The summed E-state index contributed by atoms with van der Waals surface area (Å²) >= 11 is 2.98. The number of carbonyl (C=O) groups is 2. The molecule has 29 heavy (non-hydrogen) atoms. The second-order valence-corrected chi connectivity index (χ2v) is 9.05. The molecule has 8 heteroatoms. The van der Waals surface area contributed by atoms with E-state index in [9.17, 15) is 18.4 Å². The third-order valence-corrected chi connectivity index (χ3v) is 6.94. The van der Waals surface area contributed by atoms with E-state index in [4.69, 9.17) is 0 Å². The average molecular weight is 464 g/mol. The molecule has 1 aliphatic heterocycles. The van der Waals surface area contributed by atoms with E-state index in [1.54, 1.807) is 18.3 Å². The zero-order valence-electron chi connectivity index (χ0n) is 16.2. The number of amides is 2. The van der Waals surface area contributed by atoms with Crippen LogP contribution in [0.3, 0.4) is 0 Å². The van der Waals surface area contributed by atoms with Crippen molar-refractivity contribution in [2.45, 2.75) is 26.8 Å². The van der Waals surface area contributed by atoms with E-state index in [0.29, 0.717) is 12.2 Å². The molecule has 0 unspecified atom stereocenters. The molecule has 152 valence electrons. The maximum absolute atomic E-state index is 14.0. The van der Waals surface area contributed by atoms with Crippen LogP contribution >= 0.6 is 15.9 Å². The first-order chi connectivity index (χ1) is 13.6. The van der Waals surface area contributed by atoms with Gasteiger partial charge in [0, 0.05) is 24.1 Å². The molecular formula is C21H20BrF2N3O2. The molecule has 1 aliphatic carbocycles. The summed E-state index contributed by atoms with van der Waals surface area (Å²) in [5.74, 6) is -2.75. The number of halogens is 3. The number of carbonyl (C=O) groups excluding carboxylic acids is 2. The van der Waals surface area contributed by atoms with Gasteiger partial charge in [-0.3, -0.25) is 14.6 Å². The highest BCUT2D eigenvalue weighted by Gasteiger charge is 2.69. The van der Waals surface area contributed by atoms with Gasteiger partial charge < -0.3 is 10.2 Å². The van der Waals surface area contributed by atoms with Crippen LogP contribution in [-0.4, -0.2) is 34.3 Å². The van der Waals surface area contributed by atoms with Gasteiger partial charge in [-0.15, -0.1) is 0 Å². The van der Waals surface area contributed by atoms with Crippen molar-refractivity contribution in [1.82, 2.24) is 9.88 Å². The molecule has 2 fully saturated rings. The monoisotopic (exact) mass is 463 g/mol. The van der Waals surface area contributed by atoms with Gasteiger partial charge >= 0.3 is 0 Å². The zero-order valence-corrected chi connectivity index (χ0v) is 17.8. The highest BCUT2D eigenvalue weighted by Crippen LogP contribution is 2.65. The van der Waals surface area contributed by atoms with Gasteiger partial charge in [0.15, 0.2) is 11.6 Å². The first kappa shape index (κ1) is 19.9. The quantitative estimate of drug-likeness (QED) is 0.694. The minimum Gasteiger partial charge on any atom is -0.326 e. The maximum Gasteiger partial charge on any atom is 0.255 e. The Bertz CT molecular complexity index is 1030. The summed E-state index contributed by atoms with van der Waals surface area (Å²) in [6, 6.07) is 4.91. The molecular weight excluding hydrogens is 444 g/mol. The molecule has 1 saturated heterocycles. The van der Waals surface area contributed by atoms with Crippen molar-refractivity contribution in [3.05, 3.63) is 57.8 Å². The second kappa shape index (κ2) is 6.86. The number of rotatable bonds is 3. The Labute approximate surface area is 175 Å². The first-order valence-corrected chi connectivity index (χ1v) is 10.1. The van der Waals surface area contributed by atoms with Gasteiger partial charge in [0.05, 0.1) is 10.0 Å². The number of benzene rings is 1. The van der Waals surface area contributed by atoms with Crippen molar-refractivity contribution in [2.75, 3.05) is 11.9 Å². The molecule has 1 aromatic heterocycles. The highest BCUT2D eigenvalue weighted by molar-refractivity contribution is 9.10. The number of hydrogen-bond acceptors (Lipinski definition) is 3. The molecule has 2 aliphatic rings. The Morgan fingerprint density at radius 3 is 2.69 bits per heavy atom. The minimum absolute atomic E-state index is 0.000520. The van der Waals surface area contributed by atoms with Crippen molar-refractivity contribution in [3.63, 3.8) is 0 Å². The van der Waals surface area contributed by atoms with E-state index in [-0.39, 0.29) is 33.2 Å². The molecule has 0 bridgehead atoms. The molecule has 5 nitrogen and oxygen atoms in total. The topological polar surface area (TPSA) is 62.3 Å². The fraction of sp³-hybridized carbons (Fsp3) is 0.381. The molecule has 2 aromatic rings. The summed E-state index contributed by atoms with van der Waals surface area (Å²) < 4.78 is 27.2. The number of piperidine rings is 1. The SMILES string of the molecule is Cc1cc(NC(=O)[C@@H]2[C@@H]3[C@H](CN2C(=O)c2ccc(F)c(F)c2Br)C3(C)C)ccn1. The van der Waals surface area contributed by atoms with Crippen LogP contribution in [0, 0.1) is 35.8 Å². The van der Waals surface area contributed by atoms with Crippen molar-refractivity contribution >= 4 is 33.4 Å². The van der Waals surface area contributed by atoms with Crippen LogP contribution < -0.4 is 5.32 Å². The summed E-state index contributed by atoms with van der Waals surface area (Å²) in [6.45, 7) is 6.38. The van der Waals surface area contributed by atoms with Crippen LogP contribution in [0.15, 0.2) is 34.9 Å². The van der Waals surface area contributed by atoms with Crippen molar-refractivity contribution in [3.8, 4) is 0 Å². The third kappa shape index (κ3) is 3.23. The van der Waals surface area contributed by atoms with Crippen LogP contribution in [0.1, 0.15) is 29.9 Å². The van der Waals surface area contributed by atoms with Gasteiger partial charge in [0.1, 0.15) is 6.04 Å². The van der Waals surface area contributed by atoms with Gasteiger partial charge in [-0.1, -0.05) is 13.8 Å².